The van der Waals surface area contributed by atoms with Gasteiger partial charge >= 0.3 is 5.97 Å². The molecule has 0 aromatic heterocycles. The third kappa shape index (κ3) is 5.11. The molecule has 1 aliphatic heterocycles. The monoisotopic (exact) mass is 480 g/mol. The summed E-state index contributed by atoms with van der Waals surface area (Å²) in [5.74, 6) is -0.870. The number of benzene rings is 3. The number of hydrogen-bond acceptors (Lipinski definition) is 6. The fraction of sp³-hybridized carbons (Fsp3) is 0.200. The molecule has 9 heteroatoms. The lowest BCUT2D eigenvalue weighted by molar-refractivity contribution is -0.119. The van der Waals surface area contributed by atoms with E-state index in [0.717, 1.165) is 11.1 Å². The molecule has 0 atom stereocenters. The average molecular weight is 481 g/mol. The summed E-state index contributed by atoms with van der Waals surface area (Å²) in [5.41, 5.74) is 2.59. The molecule has 4 rings (SSSR count). The summed E-state index contributed by atoms with van der Waals surface area (Å²) in [7, 11) is -2.33. The number of esters is 1. The van der Waals surface area contributed by atoms with Gasteiger partial charge in [-0.05, 0) is 47.9 Å². The fourth-order valence-corrected chi connectivity index (χ4v) is 5.22. The summed E-state index contributed by atoms with van der Waals surface area (Å²) in [4.78, 5) is 24.7. The Kier molecular flexibility index (Phi) is 6.95. The van der Waals surface area contributed by atoms with Crippen LogP contribution in [0.5, 0.6) is 5.75 Å². The Morgan fingerprint density at radius 3 is 2.50 bits per heavy atom. The number of amides is 1. The number of carbonyl (C=O) groups is 2. The van der Waals surface area contributed by atoms with Gasteiger partial charge in [0.25, 0.3) is 5.91 Å². The van der Waals surface area contributed by atoms with Crippen molar-refractivity contribution in [3.8, 4) is 5.75 Å². The van der Waals surface area contributed by atoms with Crippen molar-refractivity contribution < 1.29 is 27.5 Å². The Balaban J connectivity index is 1.41. The maximum atomic E-state index is 13.2. The van der Waals surface area contributed by atoms with E-state index in [2.05, 4.69) is 5.32 Å². The van der Waals surface area contributed by atoms with Crippen molar-refractivity contribution in [3.63, 3.8) is 0 Å². The molecule has 0 saturated carbocycles. The van der Waals surface area contributed by atoms with Crippen LogP contribution in [0.1, 0.15) is 21.5 Å². The van der Waals surface area contributed by atoms with E-state index in [4.69, 9.17) is 9.47 Å². The van der Waals surface area contributed by atoms with Crippen molar-refractivity contribution in [2.24, 2.45) is 0 Å². The number of ether oxygens (including phenoxy) is 2. The summed E-state index contributed by atoms with van der Waals surface area (Å²) in [6.07, 6.45) is 0.623. The number of methoxy groups -OCH3 is 1. The first-order valence-electron chi connectivity index (χ1n) is 10.7. The van der Waals surface area contributed by atoms with Crippen molar-refractivity contribution in [2.75, 3.05) is 25.6 Å². The zero-order chi connectivity index (χ0) is 24.1. The number of para-hydroxylation sites is 2. The third-order valence-corrected chi connectivity index (χ3v) is 7.36. The molecule has 0 spiro atoms. The second-order valence-electron chi connectivity index (χ2n) is 7.71. The molecule has 0 bridgehead atoms. The van der Waals surface area contributed by atoms with Gasteiger partial charge in [0, 0.05) is 13.1 Å². The van der Waals surface area contributed by atoms with E-state index >= 15 is 0 Å². The molecule has 0 saturated heterocycles. The predicted molar refractivity (Wildman–Crippen MR) is 126 cm³/mol. The Hall–Kier alpha value is -3.69. The Labute approximate surface area is 198 Å². The highest BCUT2D eigenvalue weighted by atomic mass is 32.2. The molecular weight excluding hydrogens is 456 g/mol. The summed E-state index contributed by atoms with van der Waals surface area (Å²) >= 11 is 0. The van der Waals surface area contributed by atoms with Crippen LogP contribution in [0.15, 0.2) is 77.7 Å². The normalized spacial score (nSPS) is 13.6. The second kappa shape index (κ2) is 10.1. The Bertz CT molecular complexity index is 1320. The van der Waals surface area contributed by atoms with Crippen molar-refractivity contribution in [2.45, 2.75) is 17.9 Å². The second-order valence-corrected chi connectivity index (χ2v) is 9.65. The Morgan fingerprint density at radius 1 is 0.971 bits per heavy atom. The van der Waals surface area contributed by atoms with E-state index in [-0.39, 0.29) is 17.0 Å². The highest BCUT2D eigenvalue weighted by Crippen LogP contribution is 2.26. The maximum Gasteiger partial charge on any atom is 0.338 e. The first-order chi connectivity index (χ1) is 16.4. The molecule has 8 nitrogen and oxygen atoms in total. The number of nitrogens with zero attached hydrogens (tertiary/aromatic N) is 1. The molecule has 0 unspecified atom stereocenters. The SMILES string of the molecule is COc1ccccc1NC(=O)COC(=O)c1cccc(S(=O)(=O)N2CCc3ccccc3C2)c1. The van der Waals surface area contributed by atoms with Gasteiger partial charge in [-0.1, -0.05) is 42.5 Å². The highest BCUT2D eigenvalue weighted by molar-refractivity contribution is 7.89. The molecule has 1 N–H and O–H groups in total. The summed E-state index contributed by atoms with van der Waals surface area (Å²) in [6.45, 7) is 0.101. The topological polar surface area (TPSA) is 102 Å². The third-order valence-electron chi connectivity index (χ3n) is 5.52. The summed E-state index contributed by atoms with van der Waals surface area (Å²) in [5, 5.41) is 2.61. The predicted octanol–water partition coefficient (Wildman–Crippen LogP) is 3.24. The first kappa shape index (κ1) is 23.5. The number of sulfonamides is 1. The molecule has 1 aliphatic rings. The van der Waals surface area contributed by atoms with Gasteiger partial charge in [-0.3, -0.25) is 4.79 Å². The lowest BCUT2D eigenvalue weighted by Crippen LogP contribution is -2.36. The molecule has 3 aromatic carbocycles. The van der Waals surface area contributed by atoms with Gasteiger partial charge in [0.15, 0.2) is 6.61 Å². The molecule has 34 heavy (non-hydrogen) atoms. The van der Waals surface area contributed by atoms with Crippen molar-refractivity contribution in [1.82, 2.24) is 4.31 Å². The van der Waals surface area contributed by atoms with E-state index in [0.29, 0.717) is 24.4 Å². The van der Waals surface area contributed by atoms with Crippen LogP contribution in [0.25, 0.3) is 0 Å². The number of anilines is 1. The van der Waals surface area contributed by atoms with Gasteiger partial charge in [0.1, 0.15) is 5.75 Å². The maximum absolute atomic E-state index is 13.2. The molecular formula is C25H24N2O6S. The van der Waals surface area contributed by atoms with E-state index in [1.807, 2.05) is 24.3 Å². The minimum absolute atomic E-state index is 0.000181. The smallest absolute Gasteiger partial charge is 0.338 e. The summed E-state index contributed by atoms with van der Waals surface area (Å²) < 4.78 is 38.1. The lowest BCUT2D eigenvalue weighted by atomic mass is 10.0. The minimum Gasteiger partial charge on any atom is -0.495 e. The number of hydrogen-bond donors (Lipinski definition) is 1. The van der Waals surface area contributed by atoms with Gasteiger partial charge < -0.3 is 14.8 Å². The highest BCUT2D eigenvalue weighted by Gasteiger charge is 2.28. The van der Waals surface area contributed by atoms with Crippen LogP contribution in [-0.2, 0) is 32.5 Å². The van der Waals surface area contributed by atoms with Crippen molar-refractivity contribution in [1.29, 1.82) is 0 Å². The van der Waals surface area contributed by atoms with Crippen LogP contribution in [0.4, 0.5) is 5.69 Å². The van der Waals surface area contributed by atoms with Crippen LogP contribution in [0.3, 0.4) is 0 Å². The van der Waals surface area contributed by atoms with Gasteiger partial charge in [-0.15, -0.1) is 0 Å². The molecule has 0 radical (unpaired) electrons. The standard InChI is InChI=1S/C25H24N2O6S/c1-32-23-12-5-4-11-22(23)26-24(28)17-33-25(29)19-9-6-10-21(15-19)34(30,31)27-14-13-18-7-2-3-8-20(18)16-27/h2-12,15H,13-14,16-17H2,1H3,(H,26,28). The van der Waals surface area contributed by atoms with Crippen LogP contribution < -0.4 is 10.1 Å². The van der Waals surface area contributed by atoms with E-state index < -0.39 is 28.5 Å². The van der Waals surface area contributed by atoms with Crippen molar-refractivity contribution >= 4 is 27.6 Å². The number of carbonyl (C=O) groups excluding carboxylic acids is 2. The zero-order valence-corrected chi connectivity index (χ0v) is 19.4. The van der Waals surface area contributed by atoms with E-state index in [1.54, 1.807) is 24.3 Å². The fourth-order valence-electron chi connectivity index (χ4n) is 3.76. The Morgan fingerprint density at radius 2 is 1.71 bits per heavy atom. The molecule has 1 heterocycles. The molecule has 0 aliphatic carbocycles. The van der Waals surface area contributed by atoms with Gasteiger partial charge in [-0.25, -0.2) is 13.2 Å². The number of rotatable bonds is 7. The summed E-state index contributed by atoms with van der Waals surface area (Å²) in [6, 6.07) is 20.2. The van der Waals surface area contributed by atoms with E-state index in [9.17, 15) is 18.0 Å². The largest absolute Gasteiger partial charge is 0.495 e. The van der Waals surface area contributed by atoms with Crippen LogP contribution >= 0.6 is 0 Å². The molecule has 1 amide bonds. The molecule has 3 aromatic rings. The van der Waals surface area contributed by atoms with Crippen LogP contribution in [0, 0.1) is 0 Å². The van der Waals surface area contributed by atoms with Gasteiger partial charge in [-0.2, -0.15) is 4.31 Å². The van der Waals surface area contributed by atoms with Crippen LogP contribution in [0.2, 0.25) is 0 Å². The average Bonchev–Trinajstić information content (AvgIpc) is 2.87. The van der Waals surface area contributed by atoms with Crippen LogP contribution in [-0.4, -0.2) is 44.9 Å². The quantitative estimate of drug-likeness (QED) is 0.521. The number of fused-ring (bicyclic) bond motifs is 1. The van der Waals surface area contributed by atoms with E-state index in [1.165, 1.54) is 35.7 Å². The number of nitrogens with one attached hydrogen (secondary N) is 1. The first-order valence-corrected chi connectivity index (χ1v) is 12.1. The molecule has 0 fully saturated rings. The van der Waals surface area contributed by atoms with Gasteiger partial charge in [0.2, 0.25) is 10.0 Å². The lowest BCUT2D eigenvalue weighted by Gasteiger charge is -2.28. The van der Waals surface area contributed by atoms with Crippen molar-refractivity contribution in [3.05, 3.63) is 89.5 Å². The minimum atomic E-state index is -3.81. The zero-order valence-electron chi connectivity index (χ0n) is 18.6. The molecule has 176 valence electrons. The van der Waals surface area contributed by atoms with Gasteiger partial charge in [0.05, 0.1) is 23.3 Å².